The molecule has 22 heavy (non-hydrogen) atoms. The first-order valence-electron chi connectivity index (χ1n) is 7.78. The quantitative estimate of drug-likeness (QED) is 0.544. The summed E-state index contributed by atoms with van der Waals surface area (Å²) in [4.78, 5) is 0. The molecule has 0 atom stereocenters. The zero-order valence-corrected chi connectivity index (χ0v) is 14.7. The van der Waals surface area contributed by atoms with Gasteiger partial charge in [0.25, 0.3) is 0 Å². The summed E-state index contributed by atoms with van der Waals surface area (Å²) in [5, 5.41) is 9.45. The molecule has 0 aliphatic heterocycles. The molecule has 0 amide bonds. The Morgan fingerprint density at radius 2 is 1.91 bits per heavy atom. The first-order chi connectivity index (χ1) is 10.6. The van der Waals surface area contributed by atoms with E-state index in [1.54, 1.807) is 11.8 Å². The van der Waals surface area contributed by atoms with Gasteiger partial charge in [0.15, 0.2) is 5.16 Å². The number of ether oxygens (including phenoxy) is 1. The van der Waals surface area contributed by atoms with E-state index < -0.39 is 0 Å². The Bertz CT molecular complexity index is 595. The first-order valence-corrected chi connectivity index (χ1v) is 8.76. The molecule has 4 nitrogen and oxygen atoms in total. The molecular weight excluding hydrogens is 294 g/mol. The van der Waals surface area contributed by atoms with E-state index >= 15 is 0 Å². The van der Waals surface area contributed by atoms with Gasteiger partial charge in [-0.3, -0.25) is 4.57 Å². The minimum absolute atomic E-state index is 0.694. The van der Waals surface area contributed by atoms with Crippen molar-refractivity contribution in [1.29, 1.82) is 0 Å². The zero-order valence-electron chi connectivity index (χ0n) is 13.9. The lowest BCUT2D eigenvalue weighted by molar-refractivity contribution is 0.138. The third-order valence-corrected chi connectivity index (χ3v) is 4.34. The normalized spacial score (nSPS) is 11.3. The van der Waals surface area contributed by atoms with Gasteiger partial charge in [-0.2, -0.15) is 0 Å². The molecule has 2 rings (SSSR count). The lowest BCUT2D eigenvalue weighted by Gasteiger charge is -2.11. The zero-order chi connectivity index (χ0) is 15.9. The van der Waals surface area contributed by atoms with Crippen LogP contribution in [0.2, 0.25) is 0 Å². The number of benzene rings is 1. The highest BCUT2D eigenvalue weighted by atomic mass is 32.2. The van der Waals surface area contributed by atoms with Crippen molar-refractivity contribution >= 4 is 11.8 Å². The predicted molar refractivity (Wildman–Crippen MR) is 91.8 cm³/mol. The van der Waals surface area contributed by atoms with Gasteiger partial charge < -0.3 is 4.74 Å². The Morgan fingerprint density at radius 3 is 2.64 bits per heavy atom. The molecule has 1 aromatic heterocycles. The van der Waals surface area contributed by atoms with Crippen LogP contribution in [0.5, 0.6) is 0 Å². The maximum atomic E-state index is 5.66. The maximum Gasteiger partial charge on any atom is 0.195 e. The molecule has 0 saturated heterocycles. The number of aromatic nitrogens is 3. The standard InChI is InChI=1S/C17H25N3OS/c1-13(2)9-10-21-11-12-22-17-19-18-15(4)20(17)16-8-6-5-7-14(16)3/h5-8,13H,9-12H2,1-4H3. The van der Waals surface area contributed by atoms with E-state index in [1.807, 2.05) is 19.1 Å². The minimum Gasteiger partial charge on any atom is -0.381 e. The number of hydrogen-bond donors (Lipinski definition) is 0. The highest BCUT2D eigenvalue weighted by Crippen LogP contribution is 2.23. The predicted octanol–water partition coefficient (Wildman–Crippen LogP) is 4.04. The number of nitrogens with zero attached hydrogens (tertiary/aromatic N) is 3. The molecule has 0 N–H and O–H groups in total. The van der Waals surface area contributed by atoms with Gasteiger partial charge in [0, 0.05) is 12.4 Å². The van der Waals surface area contributed by atoms with Gasteiger partial charge in [-0.25, -0.2) is 0 Å². The van der Waals surface area contributed by atoms with Gasteiger partial charge in [0.05, 0.1) is 12.3 Å². The Labute approximate surface area is 137 Å². The van der Waals surface area contributed by atoms with Crippen LogP contribution in [0.1, 0.15) is 31.7 Å². The van der Waals surface area contributed by atoms with E-state index in [4.69, 9.17) is 4.74 Å². The van der Waals surface area contributed by atoms with Crippen molar-refractivity contribution in [3.05, 3.63) is 35.7 Å². The molecule has 5 heteroatoms. The number of aryl methyl sites for hydroxylation is 2. The molecule has 0 bridgehead atoms. The largest absolute Gasteiger partial charge is 0.381 e. The van der Waals surface area contributed by atoms with Crippen molar-refractivity contribution in [2.24, 2.45) is 5.92 Å². The van der Waals surface area contributed by atoms with E-state index in [9.17, 15) is 0 Å². The van der Waals surface area contributed by atoms with Crippen LogP contribution in [0.3, 0.4) is 0 Å². The smallest absolute Gasteiger partial charge is 0.195 e. The van der Waals surface area contributed by atoms with E-state index in [2.05, 4.69) is 47.7 Å². The third-order valence-electron chi connectivity index (χ3n) is 3.45. The molecule has 2 aromatic rings. The first kappa shape index (κ1) is 17.0. The van der Waals surface area contributed by atoms with E-state index in [1.165, 1.54) is 5.56 Å². The van der Waals surface area contributed by atoms with E-state index in [0.717, 1.165) is 42.1 Å². The Morgan fingerprint density at radius 1 is 1.14 bits per heavy atom. The summed E-state index contributed by atoms with van der Waals surface area (Å²) in [7, 11) is 0. The van der Waals surface area contributed by atoms with Gasteiger partial charge in [-0.1, -0.05) is 43.8 Å². The average Bonchev–Trinajstić information content (AvgIpc) is 2.84. The van der Waals surface area contributed by atoms with Crippen molar-refractivity contribution in [3.63, 3.8) is 0 Å². The molecule has 120 valence electrons. The second-order valence-electron chi connectivity index (χ2n) is 5.80. The van der Waals surface area contributed by atoms with Gasteiger partial charge in [0.1, 0.15) is 5.82 Å². The molecule has 0 aliphatic rings. The van der Waals surface area contributed by atoms with E-state index in [-0.39, 0.29) is 0 Å². The monoisotopic (exact) mass is 319 g/mol. The molecule has 1 heterocycles. The summed E-state index contributed by atoms with van der Waals surface area (Å²) in [6, 6.07) is 8.31. The van der Waals surface area contributed by atoms with Crippen molar-refractivity contribution in [1.82, 2.24) is 14.8 Å². The number of thioether (sulfide) groups is 1. The fourth-order valence-corrected chi connectivity index (χ4v) is 2.98. The van der Waals surface area contributed by atoms with Gasteiger partial charge in [0.2, 0.25) is 0 Å². The van der Waals surface area contributed by atoms with Crippen LogP contribution in [-0.4, -0.2) is 33.7 Å². The highest BCUT2D eigenvalue weighted by Gasteiger charge is 2.12. The summed E-state index contributed by atoms with van der Waals surface area (Å²) < 4.78 is 7.78. The summed E-state index contributed by atoms with van der Waals surface area (Å²) in [5.41, 5.74) is 2.37. The van der Waals surface area contributed by atoms with Crippen molar-refractivity contribution in [3.8, 4) is 5.69 Å². The van der Waals surface area contributed by atoms with Gasteiger partial charge >= 0.3 is 0 Å². The molecule has 0 fully saturated rings. The Balaban J connectivity index is 1.94. The molecule has 0 saturated carbocycles. The lowest BCUT2D eigenvalue weighted by atomic mass is 10.1. The van der Waals surface area contributed by atoms with Crippen LogP contribution in [-0.2, 0) is 4.74 Å². The molecular formula is C17H25N3OS. The van der Waals surface area contributed by atoms with Gasteiger partial charge in [-0.15, -0.1) is 10.2 Å². The summed E-state index contributed by atoms with van der Waals surface area (Å²) in [6.07, 6.45) is 1.11. The summed E-state index contributed by atoms with van der Waals surface area (Å²) in [6.45, 7) is 10.1. The SMILES string of the molecule is Cc1ccccc1-n1c(C)nnc1SCCOCCC(C)C. The topological polar surface area (TPSA) is 39.9 Å². The lowest BCUT2D eigenvalue weighted by Crippen LogP contribution is -2.04. The Hall–Kier alpha value is -1.33. The number of hydrogen-bond acceptors (Lipinski definition) is 4. The Kier molecular flexibility index (Phi) is 6.46. The molecule has 0 radical (unpaired) electrons. The molecule has 0 spiro atoms. The molecule has 0 unspecified atom stereocenters. The van der Waals surface area contributed by atoms with Crippen molar-refractivity contribution in [2.75, 3.05) is 19.0 Å². The van der Waals surface area contributed by atoms with Crippen LogP contribution >= 0.6 is 11.8 Å². The molecule has 1 aromatic carbocycles. The second-order valence-corrected chi connectivity index (χ2v) is 6.86. The molecule has 0 aliphatic carbocycles. The van der Waals surface area contributed by atoms with E-state index in [0.29, 0.717) is 5.92 Å². The summed E-state index contributed by atoms with van der Waals surface area (Å²) >= 11 is 1.69. The number of rotatable bonds is 8. The van der Waals surface area contributed by atoms with Crippen molar-refractivity contribution < 1.29 is 4.74 Å². The van der Waals surface area contributed by atoms with Crippen LogP contribution in [0, 0.1) is 19.8 Å². The van der Waals surface area contributed by atoms with Crippen LogP contribution in [0.25, 0.3) is 5.69 Å². The van der Waals surface area contributed by atoms with Crippen LogP contribution < -0.4 is 0 Å². The third kappa shape index (κ3) is 4.58. The number of para-hydroxylation sites is 1. The van der Waals surface area contributed by atoms with Gasteiger partial charge in [-0.05, 0) is 37.8 Å². The second kappa shape index (κ2) is 8.34. The van der Waals surface area contributed by atoms with Crippen LogP contribution in [0.15, 0.2) is 29.4 Å². The van der Waals surface area contributed by atoms with Crippen molar-refractivity contribution in [2.45, 2.75) is 39.3 Å². The minimum atomic E-state index is 0.694. The maximum absolute atomic E-state index is 5.66. The summed E-state index contributed by atoms with van der Waals surface area (Å²) in [5.74, 6) is 2.50. The fourth-order valence-electron chi connectivity index (χ4n) is 2.14. The fraction of sp³-hybridized carbons (Fsp3) is 0.529. The highest BCUT2D eigenvalue weighted by molar-refractivity contribution is 7.99. The average molecular weight is 319 g/mol. The van der Waals surface area contributed by atoms with Crippen LogP contribution in [0.4, 0.5) is 0 Å².